The number of phenolic OH excluding ortho intramolecular Hbond substituents is 1. The lowest BCUT2D eigenvalue weighted by atomic mass is 9.80. The van der Waals surface area contributed by atoms with E-state index >= 15 is 0 Å². The van der Waals surface area contributed by atoms with Gasteiger partial charge in [-0.15, -0.1) is 0 Å². The third-order valence-corrected chi connectivity index (χ3v) is 3.72. The highest BCUT2D eigenvalue weighted by molar-refractivity contribution is 5.41. The first kappa shape index (κ1) is 11.5. The second-order valence-electron chi connectivity index (χ2n) is 4.72. The molecule has 1 fully saturated rings. The van der Waals surface area contributed by atoms with Gasteiger partial charge in [-0.1, -0.05) is 12.1 Å². The van der Waals surface area contributed by atoms with Gasteiger partial charge in [-0.3, -0.25) is 0 Å². The SMILES string of the molecule is CO[C@H]1CC[C@@H](c2c(C)cccc2O)CC1. The Bertz CT molecular complexity index is 332. The minimum absolute atomic E-state index is 0.419. The van der Waals surface area contributed by atoms with Crippen molar-refractivity contribution in [3.63, 3.8) is 0 Å². The number of aryl methyl sites for hydroxylation is 1. The monoisotopic (exact) mass is 220 g/mol. The van der Waals surface area contributed by atoms with Gasteiger partial charge in [0.15, 0.2) is 0 Å². The fourth-order valence-electron chi connectivity index (χ4n) is 2.78. The highest BCUT2D eigenvalue weighted by atomic mass is 16.5. The van der Waals surface area contributed by atoms with E-state index in [1.807, 2.05) is 6.07 Å². The number of benzene rings is 1. The third-order valence-electron chi connectivity index (χ3n) is 3.72. The molecule has 1 aromatic rings. The number of aromatic hydroxyl groups is 1. The number of phenols is 1. The van der Waals surface area contributed by atoms with Gasteiger partial charge in [-0.2, -0.15) is 0 Å². The maximum Gasteiger partial charge on any atom is 0.119 e. The Morgan fingerprint density at radius 1 is 1.19 bits per heavy atom. The Hall–Kier alpha value is -1.02. The summed E-state index contributed by atoms with van der Waals surface area (Å²) in [4.78, 5) is 0. The summed E-state index contributed by atoms with van der Waals surface area (Å²) in [7, 11) is 1.79. The molecule has 0 radical (unpaired) electrons. The van der Waals surface area contributed by atoms with Crippen molar-refractivity contribution in [3.05, 3.63) is 29.3 Å². The fourth-order valence-corrected chi connectivity index (χ4v) is 2.78. The van der Waals surface area contributed by atoms with Gasteiger partial charge < -0.3 is 9.84 Å². The summed E-state index contributed by atoms with van der Waals surface area (Å²) in [6.07, 6.45) is 4.87. The van der Waals surface area contributed by atoms with Crippen molar-refractivity contribution < 1.29 is 9.84 Å². The second-order valence-corrected chi connectivity index (χ2v) is 4.72. The van der Waals surface area contributed by atoms with Crippen LogP contribution >= 0.6 is 0 Å². The molecule has 0 bridgehead atoms. The molecule has 0 heterocycles. The molecule has 0 saturated heterocycles. The molecule has 2 nitrogen and oxygen atoms in total. The smallest absolute Gasteiger partial charge is 0.119 e. The van der Waals surface area contributed by atoms with E-state index in [-0.39, 0.29) is 0 Å². The van der Waals surface area contributed by atoms with Crippen LogP contribution in [-0.2, 0) is 4.74 Å². The van der Waals surface area contributed by atoms with Crippen LogP contribution in [0.4, 0.5) is 0 Å². The van der Waals surface area contributed by atoms with Crippen molar-refractivity contribution in [2.24, 2.45) is 0 Å². The molecule has 16 heavy (non-hydrogen) atoms. The van der Waals surface area contributed by atoms with E-state index in [4.69, 9.17) is 4.74 Å². The number of methoxy groups -OCH3 is 1. The molecular weight excluding hydrogens is 200 g/mol. The molecule has 0 atom stereocenters. The van der Waals surface area contributed by atoms with Gasteiger partial charge in [-0.05, 0) is 55.7 Å². The molecule has 0 aromatic heterocycles. The van der Waals surface area contributed by atoms with Gasteiger partial charge in [0.25, 0.3) is 0 Å². The highest BCUT2D eigenvalue weighted by Crippen LogP contribution is 2.39. The molecule has 0 amide bonds. The quantitative estimate of drug-likeness (QED) is 0.828. The third kappa shape index (κ3) is 2.22. The molecule has 2 heteroatoms. The normalized spacial score (nSPS) is 25.6. The molecule has 1 N–H and O–H groups in total. The van der Waals surface area contributed by atoms with Crippen molar-refractivity contribution in [2.75, 3.05) is 7.11 Å². The Balaban J connectivity index is 2.14. The molecular formula is C14H20O2. The van der Waals surface area contributed by atoms with Crippen LogP contribution in [0.15, 0.2) is 18.2 Å². The van der Waals surface area contributed by atoms with Gasteiger partial charge in [-0.25, -0.2) is 0 Å². The molecule has 0 aliphatic heterocycles. The minimum Gasteiger partial charge on any atom is -0.508 e. The Morgan fingerprint density at radius 3 is 2.44 bits per heavy atom. The minimum atomic E-state index is 0.419. The van der Waals surface area contributed by atoms with E-state index in [1.54, 1.807) is 13.2 Å². The number of hydrogen-bond acceptors (Lipinski definition) is 2. The summed E-state index contributed by atoms with van der Waals surface area (Å²) in [5, 5.41) is 9.94. The van der Waals surface area contributed by atoms with Crippen LogP contribution in [0.5, 0.6) is 5.75 Å². The Kier molecular flexibility index (Phi) is 3.49. The molecule has 2 rings (SSSR count). The lowest BCUT2D eigenvalue weighted by Crippen LogP contribution is -2.19. The Morgan fingerprint density at radius 2 is 1.88 bits per heavy atom. The number of rotatable bonds is 2. The van der Waals surface area contributed by atoms with Crippen LogP contribution in [0.25, 0.3) is 0 Å². The summed E-state index contributed by atoms with van der Waals surface area (Å²) >= 11 is 0. The van der Waals surface area contributed by atoms with Crippen LogP contribution in [-0.4, -0.2) is 18.3 Å². The van der Waals surface area contributed by atoms with E-state index in [0.29, 0.717) is 17.8 Å². The van der Waals surface area contributed by atoms with Crippen molar-refractivity contribution in [1.29, 1.82) is 0 Å². The first-order valence-corrected chi connectivity index (χ1v) is 6.03. The van der Waals surface area contributed by atoms with E-state index in [2.05, 4.69) is 13.0 Å². The second kappa shape index (κ2) is 4.88. The van der Waals surface area contributed by atoms with Crippen LogP contribution in [0.2, 0.25) is 0 Å². The van der Waals surface area contributed by atoms with Crippen molar-refractivity contribution >= 4 is 0 Å². The zero-order chi connectivity index (χ0) is 11.5. The first-order chi connectivity index (χ1) is 7.72. The zero-order valence-electron chi connectivity index (χ0n) is 10.1. The van der Waals surface area contributed by atoms with Crippen LogP contribution < -0.4 is 0 Å². The lowest BCUT2D eigenvalue weighted by molar-refractivity contribution is 0.0656. The predicted molar refractivity (Wildman–Crippen MR) is 64.8 cm³/mol. The maximum absolute atomic E-state index is 9.94. The summed E-state index contributed by atoms with van der Waals surface area (Å²) < 4.78 is 5.37. The first-order valence-electron chi connectivity index (χ1n) is 6.03. The van der Waals surface area contributed by atoms with Crippen LogP contribution in [0.3, 0.4) is 0 Å². The summed E-state index contributed by atoms with van der Waals surface area (Å²) in [6.45, 7) is 2.08. The standard InChI is InChI=1S/C14H20O2/c1-10-4-3-5-13(15)14(10)11-6-8-12(16-2)9-7-11/h3-5,11-12,15H,6-9H2,1-2H3/t11-,12+. The van der Waals surface area contributed by atoms with Gasteiger partial charge >= 0.3 is 0 Å². The van der Waals surface area contributed by atoms with Gasteiger partial charge in [0.05, 0.1) is 6.10 Å². The zero-order valence-corrected chi connectivity index (χ0v) is 10.1. The van der Waals surface area contributed by atoms with E-state index in [1.165, 1.54) is 5.56 Å². The molecule has 88 valence electrons. The average Bonchev–Trinajstić information content (AvgIpc) is 2.30. The van der Waals surface area contributed by atoms with Gasteiger partial charge in [0, 0.05) is 7.11 Å². The van der Waals surface area contributed by atoms with E-state index < -0.39 is 0 Å². The van der Waals surface area contributed by atoms with Gasteiger partial charge in [0.2, 0.25) is 0 Å². The topological polar surface area (TPSA) is 29.5 Å². The number of hydrogen-bond donors (Lipinski definition) is 1. The summed E-state index contributed by atoms with van der Waals surface area (Å²) in [5.41, 5.74) is 2.36. The van der Waals surface area contributed by atoms with Crippen LogP contribution in [0.1, 0.15) is 42.7 Å². The predicted octanol–water partition coefficient (Wildman–Crippen LogP) is 3.37. The molecule has 1 aliphatic carbocycles. The van der Waals surface area contributed by atoms with E-state index in [9.17, 15) is 5.11 Å². The van der Waals surface area contributed by atoms with Crippen molar-refractivity contribution in [2.45, 2.75) is 44.6 Å². The summed E-state index contributed by atoms with van der Waals surface area (Å²) in [6, 6.07) is 5.79. The largest absolute Gasteiger partial charge is 0.508 e. The maximum atomic E-state index is 9.94. The van der Waals surface area contributed by atoms with Crippen molar-refractivity contribution in [1.82, 2.24) is 0 Å². The molecule has 0 spiro atoms. The van der Waals surface area contributed by atoms with Crippen LogP contribution in [0, 0.1) is 6.92 Å². The van der Waals surface area contributed by atoms with Gasteiger partial charge in [0.1, 0.15) is 5.75 Å². The average molecular weight is 220 g/mol. The van der Waals surface area contributed by atoms with E-state index in [0.717, 1.165) is 31.2 Å². The lowest BCUT2D eigenvalue weighted by Gasteiger charge is -2.29. The molecule has 1 aliphatic rings. The summed E-state index contributed by atoms with van der Waals surface area (Å²) in [5.74, 6) is 0.966. The molecule has 1 aromatic carbocycles. The molecule has 0 unspecified atom stereocenters. The van der Waals surface area contributed by atoms with Crippen molar-refractivity contribution in [3.8, 4) is 5.75 Å². The number of ether oxygens (including phenoxy) is 1. The fraction of sp³-hybridized carbons (Fsp3) is 0.571. The Labute approximate surface area is 97.3 Å². The highest BCUT2D eigenvalue weighted by Gasteiger charge is 2.24. The molecule has 1 saturated carbocycles.